The van der Waals surface area contributed by atoms with E-state index >= 15 is 0 Å². The molecule has 4 fully saturated rings. The van der Waals surface area contributed by atoms with Gasteiger partial charge in [0.25, 0.3) is 5.56 Å². The number of hydrogen-bond donors (Lipinski definition) is 1. The molecule has 2 aromatic rings. The lowest BCUT2D eigenvalue weighted by Crippen LogP contribution is -2.60. The minimum atomic E-state index is -0.336. The molecule has 1 aromatic heterocycles. The van der Waals surface area contributed by atoms with Gasteiger partial charge in [0.15, 0.2) is 5.16 Å². The summed E-state index contributed by atoms with van der Waals surface area (Å²) in [4.78, 5) is 31.4. The van der Waals surface area contributed by atoms with Crippen LogP contribution in [-0.2, 0) is 9.53 Å². The predicted octanol–water partition coefficient (Wildman–Crippen LogP) is 4.17. The highest BCUT2D eigenvalue weighted by atomic mass is 32.2. The Balaban J connectivity index is 1.39. The van der Waals surface area contributed by atoms with Gasteiger partial charge in [-0.15, -0.1) is 0 Å². The number of nitrogens with zero attached hydrogens (tertiary/aromatic N) is 2. The first kappa shape index (κ1) is 22.0. The summed E-state index contributed by atoms with van der Waals surface area (Å²) in [6, 6.07) is 7.22. The topological polar surface area (TPSA) is 73.2 Å². The van der Waals surface area contributed by atoms with Crippen LogP contribution in [0.1, 0.15) is 58.4 Å². The van der Waals surface area contributed by atoms with Crippen molar-refractivity contribution >= 4 is 28.6 Å². The summed E-state index contributed by atoms with van der Waals surface area (Å²) >= 11 is 1.37. The van der Waals surface area contributed by atoms with Crippen LogP contribution in [0, 0.1) is 17.8 Å². The molecule has 2 atom stereocenters. The van der Waals surface area contributed by atoms with Gasteiger partial charge in [-0.25, -0.2) is 4.98 Å². The van der Waals surface area contributed by atoms with Gasteiger partial charge < -0.3 is 10.1 Å². The van der Waals surface area contributed by atoms with Gasteiger partial charge in [0.1, 0.15) is 0 Å². The van der Waals surface area contributed by atoms with E-state index in [1.54, 1.807) is 17.7 Å². The molecule has 0 radical (unpaired) electrons. The van der Waals surface area contributed by atoms with Crippen LogP contribution < -0.4 is 10.9 Å². The van der Waals surface area contributed by atoms with E-state index in [9.17, 15) is 9.59 Å². The molecule has 1 N–H and O–H groups in total. The highest BCUT2D eigenvalue weighted by Gasteiger charge is 2.51. The second-order valence-corrected chi connectivity index (χ2v) is 11.6. The number of amides is 1. The molecule has 4 aliphatic carbocycles. The summed E-state index contributed by atoms with van der Waals surface area (Å²) in [5.74, 6) is 2.41. The molecule has 6 nitrogen and oxygen atoms in total. The van der Waals surface area contributed by atoms with E-state index in [0.717, 1.165) is 37.0 Å². The van der Waals surface area contributed by atoms with Crippen molar-refractivity contribution in [1.29, 1.82) is 0 Å². The van der Waals surface area contributed by atoms with Gasteiger partial charge in [-0.2, -0.15) is 0 Å². The number of carbonyl (C=O) groups excluding carboxylic acids is 1. The maximum absolute atomic E-state index is 13.3. The molecule has 4 saturated carbocycles. The Kier molecular flexibility index (Phi) is 5.82. The van der Waals surface area contributed by atoms with E-state index in [1.807, 2.05) is 32.0 Å². The lowest BCUT2D eigenvalue weighted by atomic mass is 9.53. The number of benzene rings is 1. The van der Waals surface area contributed by atoms with Gasteiger partial charge in [-0.05, 0) is 82.3 Å². The molecule has 7 heteroatoms. The standard InChI is InChI=1S/C25H33N3O3S/c1-15(14-31-3)28-23(30)20-6-4-5-7-21(20)26-24(28)32-16(2)22(29)27-25-11-17-8-18(12-25)10-19(9-17)13-25/h4-7,15-19H,8-14H2,1-3H3,(H,27,29)/t15-,16-,17?,18?,19?,25?/m0/s1. The molecule has 0 unspecified atom stereocenters. The molecule has 1 amide bonds. The minimum absolute atomic E-state index is 0.0134. The number of rotatable bonds is 7. The predicted molar refractivity (Wildman–Crippen MR) is 127 cm³/mol. The number of carbonyl (C=O) groups is 1. The van der Waals surface area contributed by atoms with Gasteiger partial charge in [0.2, 0.25) is 5.91 Å². The van der Waals surface area contributed by atoms with Gasteiger partial charge in [-0.3, -0.25) is 14.2 Å². The fraction of sp³-hybridized carbons (Fsp3) is 0.640. The first-order valence-corrected chi connectivity index (χ1v) is 12.7. The summed E-state index contributed by atoms with van der Waals surface area (Å²) in [6.45, 7) is 4.28. The summed E-state index contributed by atoms with van der Waals surface area (Å²) < 4.78 is 7.00. The summed E-state index contributed by atoms with van der Waals surface area (Å²) in [6.07, 6.45) is 7.45. The third-order valence-corrected chi connectivity index (χ3v) is 8.77. The van der Waals surface area contributed by atoms with Crippen molar-refractivity contribution in [3.05, 3.63) is 34.6 Å². The van der Waals surface area contributed by atoms with E-state index in [4.69, 9.17) is 9.72 Å². The maximum Gasteiger partial charge on any atom is 0.262 e. The zero-order chi connectivity index (χ0) is 22.5. The highest BCUT2D eigenvalue weighted by molar-refractivity contribution is 8.00. The Labute approximate surface area is 193 Å². The molecule has 0 aliphatic heterocycles. The van der Waals surface area contributed by atoms with Gasteiger partial charge in [-0.1, -0.05) is 23.9 Å². The quantitative estimate of drug-likeness (QED) is 0.501. The van der Waals surface area contributed by atoms with Crippen molar-refractivity contribution < 1.29 is 9.53 Å². The molecule has 4 aliphatic rings. The molecule has 0 spiro atoms. The van der Waals surface area contributed by atoms with Crippen molar-refractivity contribution in [1.82, 2.24) is 14.9 Å². The fourth-order valence-electron chi connectivity index (χ4n) is 6.75. The molecule has 0 saturated heterocycles. The second-order valence-electron chi connectivity index (χ2n) is 10.3. The van der Waals surface area contributed by atoms with E-state index in [1.165, 1.54) is 31.0 Å². The largest absolute Gasteiger partial charge is 0.383 e. The van der Waals surface area contributed by atoms with Gasteiger partial charge in [0, 0.05) is 12.6 Å². The van der Waals surface area contributed by atoms with E-state index in [2.05, 4.69) is 5.32 Å². The molecular weight excluding hydrogens is 422 g/mol. The Morgan fingerprint density at radius 2 is 1.81 bits per heavy atom. The lowest BCUT2D eigenvalue weighted by Gasteiger charge is -2.57. The number of fused-ring (bicyclic) bond motifs is 1. The van der Waals surface area contributed by atoms with E-state index in [-0.39, 0.29) is 28.3 Å². The van der Waals surface area contributed by atoms with Crippen LogP contribution in [0.5, 0.6) is 0 Å². The number of hydrogen-bond acceptors (Lipinski definition) is 5. The number of aromatic nitrogens is 2. The molecule has 6 rings (SSSR count). The molecule has 172 valence electrons. The summed E-state index contributed by atoms with van der Waals surface area (Å²) in [5.41, 5.74) is 0.561. The molecule has 4 bridgehead atoms. The zero-order valence-corrected chi connectivity index (χ0v) is 20.0. The van der Waals surface area contributed by atoms with Crippen LogP contribution in [0.25, 0.3) is 10.9 Å². The molecule has 32 heavy (non-hydrogen) atoms. The zero-order valence-electron chi connectivity index (χ0n) is 19.2. The number of nitrogens with one attached hydrogen (secondary N) is 1. The average molecular weight is 456 g/mol. The average Bonchev–Trinajstić information content (AvgIpc) is 2.72. The maximum atomic E-state index is 13.3. The van der Waals surface area contributed by atoms with Crippen molar-refractivity contribution in [2.75, 3.05) is 13.7 Å². The number of thioether (sulfide) groups is 1. The van der Waals surface area contributed by atoms with Gasteiger partial charge in [0.05, 0.1) is 28.8 Å². The first-order chi connectivity index (χ1) is 15.4. The van der Waals surface area contributed by atoms with Crippen LogP contribution in [-0.4, -0.2) is 40.0 Å². The summed E-state index contributed by atoms with van der Waals surface area (Å²) in [5, 5.41) is 4.30. The first-order valence-electron chi connectivity index (χ1n) is 11.9. The van der Waals surface area contributed by atoms with Crippen LogP contribution in [0.4, 0.5) is 0 Å². The Bertz CT molecular complexity index is 1050. The van der Waals surface area contributed by atoms with E-state index in [0.29, 0.717) is 22.7 Å². The minimum Gasteiger partial charge on any atom is -0.383 e. The van der Waals surface area contributed by atoms with Crippen LogP contribution in [0.3, 0.4) is 0 Å². The number of para-hydroxylation sites is 1. The summed E-state index contributed by atoms with van der Waals surface area (Å²) in [7, 11) is 1.63. The van der Waals surface area contributed by atoms with Crippen LogP contribution in [0.15, 0.2) is 34.2 Å². The third-order valence-electron chi connectivity index (χ3n) is 7.70. The normalized spacial score (nSPS) is 30.4. The smallest absolute Gasteiger partial charge is 0.262 e. The SMILES string of the molecule is COC[C@H](C)n1c(S[C@@H](C)C(=O)NC23CC4CC(CC(C4)C2)C3)nc2ccccc2c1=O. The molecule has 1 heterocycles. The fourth-order valence-corrected chi connectivity index (χ4v) is 7.76. The number of ether oxygens (including phenoxy) is 1. The van der Waals surface area contributed by atoms with Gasteiger partial charge >= 0.3 is 0 Å². The second kappa shape index (κ2) is 8.49. The Hall–Kier alpha value is -1.86. The number of methoxy groups -OCH3 is 1. The molecule has 1 aromatic carbocycles. The van der Waals surface area contributed by atoms with Crippen LogP contribution in [0.2, 0.25) is 0 Å². The van der Waals surface area contributed by atoms with E-state index < -0.39 is 0 Å². The Morgan fingerprint density at radius 1 is 1.19 bits per heavy atom. The van der Waals surface area contributed by atoms with Crippen molar-refractivity contribution in [2.24, 2.45) is 17.8 Å². The monoisotopic (exact) mass is 455 g/mol. The molecular formula is C25H33N3O3S. The van der Waals surface area contributed by atoms with Crippen LogP contribution >= 0.6 is 11.8 Å². The van der Waals surface area contributed by atoms with Crippen molar-refractivity contribution in [3.63, 3.8) is 0 Å². The highest BCUT2D eigenvalue weighted by Crippen LogP contribution is 2.55. The Morgan fingerprint density at radius 3 is 2.44 bits per heavy atom. The third kappa shape index (κ3) is 3.98. The van der Waals surface area contributed by atoms with Crippen molar-refractivity contribution in [2.45, 2.75) is 74.4 Å². The lowest BCUT2D eigenvalue weighted by molar-refractivity contribution is -0.126. The van der Waals surface area contributed by atoms with Crippen molar-refractivity contribution in [3.8, 4) is 0 Å².